The van der Waals surface area contributed by atoms with E-state index in [4.69, 9.17) is 10.5 Å². The quantitative estimate of drug-likeness (QED) is 0.720. The highest BCUT2D eigenvalue weighted by Gasteiger charge is 2.12. The zero-order chi connectivity index (χ0) is 12.5. The van der Waals surface area contributed by atoms with Crippen LogP contribution in [0, 0.1) is 0 Å². The Morgan fingerprint density at radius 1 is 1.28 bits per heavy atom. The second-order valence-electron chi connectivity index (χ2n) is 3.89. The first-order valence-corrected chi connectivity index (χ1v) is 5.52. The normalized spacial score (nSPS) is 10.7. The van der Waals surface area contributed by atoms with E-state index in [9.17, 15) is 0 Å². The zero-order valence-corrected chi connectivity index (χ0v) is 9.84. The molecule has 90 valence electrons. The Bertz CT molecular complexity index is 705. The van der Waals surface area contributed by atoms with E-state index in [1.807, 2.05) is 24.4 Å². The molecule has 0 fully saturated rings. The largest absolute Gasteiger partial charge is 0.496 e. The van der Waals surface area contributed by atoms with Crippen LogP contribution in [0.5, 0.6) is 5.75 Å². The number of hydrogen-bond acceptors (Lipinski definition) is 4. The minimum absolute atomic E-state index is 0.490. The lowest BCUT2D eigenvalue weighted by Gasteiger charge is -2.04. The van der Waals surface area contributed by atoms with E-state index < -0.39 is 0 Å². The van der Waals surface area contributed by atoms with Gasteiger partial charge in [0.25, 0.3) is 0 Å². The van der Waals surface area contributed by atoms with Crippen molar-refractivity contribution in [2.24, 2.45) is 0 Å². The number of anilines is 1. The Hall–Kier alpha value is -2.56. The van der Waals surface area contributed by atoms with E-state index in [0.29, 0.717) is 5.82 Å². The molecule has 0 saturated heterocycles. The number of methoxy groups -OCH3 is 1. The highest BCUT2D eigenvalue weighted by atomic mass is 16.5. The highest BCUT2D eigenvalue weighted by Crippen LogP contribution is 2.33. The van der Waals surface area contributed by atoms with Gasteiger partial charge in [-0.05, 0) is 18.2 Å². The van der Waals surface area contributed by atoms with Crippen LogP contribution in [0.2, 0.25) is 0 Å². The first kappa shape index (κ1) is 10.6. The maximum Gasteiger partial charge on any atom is 0.141 e. The Balaban J connectivity index is 2.30. The first-order valence-electron chi connectivity index (χ1n) is 5.52. The summed E-state index contributed by atoms with van der Waals surface area (Å²) < 4.78 is 5.36. The molecule has 0 aliphatic carbocycles. The molecule has 3 N–H and O–H groups in total. The number of fused-ring (bicyclic) bond motifs is 1. The summed E-state index contributed by atoms with van der Waals surface area (Å²) in [6.07, 6.45) is 3.57. The molecule has 3 heterocycles. The SMILES string of the molecule is COc1ccnc2[nH]cc(-c3cccc(N)n3)c12. The third-order valence-corrected chi connectivity index (χ3v) is 2.80. The van der Waals surface area contributed by atoms with E-state index in [1.54, 1.807) is 19.4 Å². The summed E-state index contributed by atoms with van der Waals surface area (Å²) in [5.74, 6) is 1.25. The van der Waals surface area contributed by atoms with Gasteiger partial charge in [0.2, 0.25) is 0 Å². The van der Waals surface area contributed by atoms with Crippen molar-refractivity contribution in [2.45, 2.75) is 0 Å². The maximum atomic E-state index is 5.71. The lowest BCUT2D eigenvalue weighted by atomic mass is 10.1. The summed E-state index contributed by atoms with van der Waals surface area (Å²) in [6.45, 7) is 0. The van der Waals surface area contributed by atoms with Crippen LogP contribution in [0.4, 0.5) is 5.82 Å². The molecule has 0 atom stereocenters. The summed E-state index contributed by atoms with van der Waals surface area (Å²) in [6, 6.07) is 7.37. The number of aromatic amines is 1. The lowest BCUT2D eigenvalue weighted by Crippen LogP contribution is -1.91. The molecule has 18 heavy (non-hydrogen) atoms. The second-order valence-corrected chi connectivity index (χ2v) is 3.89. The summed E-state index contributed by atoms with van der Waals surface area (Å²) in [5.41, 5.74) is 8.21. The first-order chi connectivity index (χ1) is 8.79. The predicted octanol–water partition coefficient (Wildman–Crippen LogP) is 2.22. The molecule has 0 unspecified atom stereocenters. The van der Waals surface area contributed by atoms with Crippen molar-refractivity contribution in [3.05, 3.63) is 36.7 Å². The van der Waals surface area contributed by atoms with Crippen molar-refractivity contribution in [2.75, 3.05) is 12.8 Å². The fourth-order valence-corrected chi connectivity index (χ4v) is 2.00. The molecule has 0 aliphatic heterocycles. The number of aromatic nitrogens is 3. The van der Waals surface area contributed by atoms with Gasteiger partial charge in [-0.1, -0.05) is 6.07 Å². The Morgan fingerprint density at radius 3 is 2.94 bits per heavy atom. The van der Waals surface area contributed by atoms with Gasteiger partial charge in [-0.25, -0.2) is 9.97 Å². The van der Waals surface area contributed by atoms with E-state index in [2.05, 4.69) is 15.0 Å². The molecule has 0 aromatic carbocycles. The van der Waals surface area contributed by atoms with Gasteiger partial charge in [-0.2, -0.15) is 0 Å². The van der Waals surface area contributed by atoms with Gasteiger partial charge in [0.15, 0.2) is 0 Å². The molecule has 5 heteroatoms. The number of rotatable bonds is 2. The van der Waals surface area contributed by atoms with Gasteiger partial charge >= 0.3 is 0 Å². The monoisotopic (exact) mass is 240 g/mol. The van der Waals surface area contributed by atoms with Crippen molar-refractivity contribution >= 4 is 16.9 Å². The van der Waals surface area contributed by atoms with Crippen molar-refractivity contribution in [1.82, 2.24) is 15.0 Å². The van der Waals surface area contributed by atoms with Crippen LogP contribution in [-0.4, -0.2) is 22.1 Å². The number of nitrogens with zero attached hydrogens (tertiary/aromatic N) is 2. The van der Waals surface area contributed by atoms with Crippen LogP contribution in [0.25, 0.3) is 22.3 Å². The Kier molecular flexibility index (Phi) is 2.37. The topological polar surface area (TPSA) is 76.8 Å². The van der Waals surface area contributed by atoms with Crippen LogP contribution in [0.15, 0.2) is 36.7 Å². The number of ether oxygens (including phenoxy) is 1. The molecule has 3 aromatic heterocycles. The smallest absolute Gasteiger partial charge is 0.141 e. The van der Waals surface area contributed by atoms with Crippen LogP contribution >= 0.6 is 0 Å². The van der Waals surface area contributed by atoms with Gasteiger partial charge in [0, 0.05) is 18.0 Å². The maximum absolute atomic E-state index is 5.71. The average molecular weight is 240 g/mol. The van der Waals surface area contributed by atoms with Gasteiger partial charge in [0.05, 0.1) is 18.2 Å². The van der Waals surface area contributed by atoms with Crippen LogP contribution < -0.4 is 10.5 Å². The van der Waals surface area contributed by atoms with Crippen molar-refractivity contribution in [3.8, 4) is 17.0 Å². The molecule has 3 rings (SSSR count). The summed E-state index contributed by atoms with van der Waals surface area (Å²) in [4.78, 5) is 11.7. The fraction of sp³-hybridized carbons (Fsp3) is 0.0769. The Labute approximate surface area is 104 Å². The minimum Gasteiger partial charge on any atom is -0.496 e. The standard InChI is InChI=1S/C13H12N4O/c1-18-10-5-6-15-13-12(10)8(7-16-13)9-3-2-4-11(14)17-9/h2-7H,1H3,(H2,14,17)(H,15,16). The molecular formula is C13H12N4O. The summed E-state index contributed by atoms with van der Waals surface area (Å²) in [5, 5.41) is 0.915. The van der Waals surface area contributed by atoms with E-state index in [0.717, 1.165) is 28.0 Å². The molecule has 0 amide bonds. The molecule has 0 spiro atoms. The minimum atomic E-state index is 0.490. The molecule has 0 aliphatic rings. The fourth-order valence-electron chi connectivity index (χ4n) is 2.00. The van der Waals surface area contributed by atoms with Gasteiger partial charge in [-0.3, -0.25) is 0 Å². The van der Waals surface area contributed by atoms with Crippen LogP contribution in [0.3, 0.4) is 0 Å². The number of pyridine rings is 2. The van der Waals surface area contributed by atoms with Gasteiger partial charge in [0.1, 0.15) is 17.2 Å². The molecule has 5 nitrogen and oxygen atoms in total. The number of H-pyrrole nitrogens is 1. The van der Waals surface area contributed by atoms with Crippen molar-refractivity contribution in [1.29, 1.82) is 0 Å². The van der Waals surface area contributed by atoms with Gasteiger partial charge in [-0.15, -0.1) is 0 Å². The van der Waals surface area contributed by atoms with Crippen molar-refractivity contribution in [3.63, 3.8) is 0 Å². The second kappa shape index (κ2) is 4.03. The molecule has 3 aromatic rings. The third kappa shape index (κ3) is 1.57. The molecule has 0 saturated carbocycles. The van der Waals surface area contributed by atoms with Gasteiger partial charge < -0.3 is 15.5 Å². The lowest BCUT2D eigenvalue weighted by molar-refractivity contribution is 0.419. The van der Waals surface area contributed by atoms with E-state index in [-0.39, 0.29) is 0 Å². The third-order valence-electron chi connectivity index (χ3n) is 2.80. The number of nitrogen functional groups attached to an aromatic ring is 1. The van der Waals surface area contributed by atoms with Crippen LogP contribution in [0.1, 0.15) is 0 Å². The summed E-state index contributed by atoms with van der Waals surface area (Å²) in [7, 11) is 1.64. The molecular weight excluding hydrogens is 228 g/mol. The van der Waals surface area contributed by atoms with E-state index >= 15 is 0 Å². The average Bonchev–Trinajstić information content (AvgIpc) is 2.82. The zero-order valence-electron chi connectivity index (χ0n) is 9.84. The number of nitrogens with two attached hydrogens (primary N) is 1. The molecule has 0 bridgehead atoms. The highest BCUT2D eigenvalue weighted by molar-refractivity contribution is 5.97. The van der Waals surface area contributed by atoms with Crippen LogP contribution in [-0.2, 0) is 0 Å². The predicted molar refractivity (Wildman–Crippen MR) is 70.3 cm³/mol. The van der Waals surface area contributed by atoms with Crippen molar-refractivity contribution < 1.29 is 4.74 Å². The number of nitrogens with one attached hydrogen (secondary N) is 1. The molecule has 0 radical (unpaired) electrons. The summed E-state index contributed by atoms with van der Waals surface area (Å²) >= 11 is 0. The Morgan fingerprint density at radius 2 is 2.17 bits per heavy atom. The van der Waals surface area contributed by atoms with E-state index in [1.165, 1.54) is 0 Å². The number of hydrogen-bond donors (Lipinski definition) is 2.